The molecule has 3 unspecified atom stereocenters. The second-order valence-electron chi connectivity index (χ2n) is 6.90. The molecule has 1 aromatic rings. The van der Waals surface area contributed by atoms with Crippen LogP contribution in [-0.4, -0.2) is 47.1 Å². The van der Waals surface area contributed by atoms with E-state index < -0.39 is 0 Å². The van der Waals surface area contributed by atoms with Crippen LogP contribution in [0, 0.1) is 5.92 Å². The van der Waals surface area contributed by atoms with Crippen molar-refractivity contribution < 1.29 is 0 Å². The van der Waals surface area contributed by atoms with Gasteiger partial charge in [-0.05, 0) is 50.1 Å². The molecule has 22 heavy (non-hydrogen) atoms. The van der Waals surface area contributed by atoms with Crippen molar-refractivity contribution in [1.29, 1.82) is 0 Å². The van der Waals surface area contributed by atoms with Crippen molar-refractivity contribution in [3.8, 4) is 0 Å². The van der Waals surface area contributed by atoms with Crippen LogP contribution in [0.4, 0.5) is 0 Å². The van der Waals surface area contributed by atoms with Gasteiger partial charge in [-0.15, -0.1) is 0 Å². The summed E-state index contributed by atoms with van der Waals surface area (Å²) in [6, 6.07) is 11.9. The Bertz CT molecular complexity index is 526. The average molecular weight is 315 g/mol. The molecule has 118 valence electrons. The first kappa shape index (κ1) is 14.5. The van der Waals surface area contributed by atoms with Crippen molar-refractivity contribution in [2.75, 3.05) is 26.2 Å². The Morgan fingerprint density at radius 1 is 1.05 bits per heavy atom. The number of hydrogen-bond donors (Lipinski definition) is 1. The maximum atomic E-state index is 5.67. The van der Waals surface area contributed by atoms with Gasteiger partial charge >= 0.3 is 0 Å². The van der Waals surface area contributed by atoms with Crippen LogP contribution in [0.2, 0.25) is 0 Å². The molecule has 2 saturated heterocycles. The molecule has 0 radical (unpaired) electrons. The average Bonchev–Trinajstić information content (AvgIpc) is 3.35. The fraction of sp³-hybridized carbons (Fsp3) is 0.611. The van der Waals surface area contributed by atoms with Gasteiger partial charge in [0, 0.05) is 25.0 Å². The van der Waals surface area contributed by atoms with Crippen molar-refractivity contribution in [2.45, 2.75) is 37.8 Å². The number of benzene rings is 1. The molecule has 4 heteroatoms. The number of rotatable bonds is 4. The van der Waals surface area contributed by atoms with Crippen LogP contribution in [0.3, 0.4) is 0 Å². The van der Waals surface area contributed by atoms with E-state index in [1.54, 1.807) is 0 Å². The molecule has 3 aliphatic rings. The maximum absolute atomic E-state index is 5.67. The normalized spacial score (nSPS) is 31.5. The lowest BCUT2D eigenvalue weighted by atomic mass is 10.0. The van der Waals surface area contributed by atoms with Crippen LogP contribution >= 0.6 is 12.2 Å². The third-order valence-electron chi connectivity index (χ3n) is 5.44. The van der Waals surface area contributed by atoms with E-state index in [-0.39, 0.29) is 0 Å². The number of likely N-dealkylation sites (tertiary alicyclic amines) is 1. The minimum absolute atomic E-state index is 0.421. The van der Waals surface area contributed by atoms with Crippen LogP contribution in [0.15, 0.2) is 30.3 Å². The van der Waals surface area contributed by atoms with Gasteiger partial charge in [0.2, 0.25) is 0 Å². The van der Waals surface area contributed by atoms with E-state index in [0.29, 0.717) is 12.1 Å². The lowest BCUT2D eigenvalue weighted by molar-refractivity contribution is 0.200. The molecule has 2 aliphatic heterocycles. The third-order valence-corrected chi connectivity index (χ3v) is 5.79. The Hall–Kier alpha value is -1.13. The molecule has 3 nitrogen and oxygen atoms in total. The van der Waals surface area contributed by atoms with E-state index >= 15 is 0 Å². The molecule has 3 atom stereocenters. The zero-order valence-corrected chi connectivity index (χ0v) is 13.9. The fourth-order valence-corrected chi connectivity index (χ4v) is 4.43. The highest BCUT2D eigenvalue weighted by Crippen LogP contribution is 2.47. The Balaban J connectivity index is 1.36. The predicted molar refractivity (Wildman–Crippen MR) is 93.8 cm³/mol. The second kappa shape index (κ2) is 6.17. The molecular weight excluding hydrogens is 290 g/mol. The fourth-order valence-electron chi connectivity index (χ4n) is 4.08. The lowest BCUT2D eigenvalue weighted by Gasteiger charge is -2.37. The molecule has 2 heterocycles. The molecule has 0 aromatic heterocycles. The molecule has 1 aromatic carbocycles. The van der Waals surface area contributed by atoms with Crippen molar-refractivity contribution in [3.63, 3.8) is 0 Å². The van der Waals surface area contributed by atoms with Gasteiger partial charge in [-0.3, -0.25) is 0 Å². The third kappa shape index (κ3) is 2.86. The Morgan fingerprint density at radius 3 is 2.59 bits per heavy atom. The SMILES string of the molecule is S=C1NC(c2ccccc2)C2CC2N1CCN1CCCCC1. The van der Waals surface area contributed by atoms with Crippen LogP contribution in [0.25, 0.3) is 0 Å². The highest BCUT2D eigenvalue weighted by molar-refractivity contribution is 7.80. The summed E-state index contributed by atoms with van der Waals surface area (Å²) in [4.78, 5) is 5.06. The van der Waals surface area contributed by atoms with Crippen LogP contribution in [0.1, 0.15) is 37.3 Å². The largest absolute Gasteiger partial charge is 0.355 e. The summed E-state index contributed by atoms with van der Waals surface area (Å²) >= 11 is 5.67. The van der Waals surface area contributed by atoms with Gasteiger partial charge in [-0.2, -0.15) is 0 Å². The minimum atomic E-state index is 0.421. The predicted octanol–water partition coefficient (Wildman–Crippen LogP) is 2.79. The summed E-state index contributed by atoms with van der Waals surface area (Å²) in [5.41, 5.74) is 1.38. The van der Waals surface area contributed by atoms with Gasteiger partial charge in [0.25, 0.3) is 0 Å². The first-order chi connectivity index (χ1) is 10.8. The van der Waals surface area contributed by atoms with Gasteiger partial charge in [0.1, 0.15) is 0 Å². The summed E-state index contributed by atoms with van der Waals surface area (Å²) in [6.45, 7) is 4.80. The Labute approximate surface area is 138 Å². The van der Waals surface area contributed by atoms with E-state index in [1.807, 2.05) is 0 Å². The number of nitrogens with zero attached hydrogens (tertiary/aromatic N) is 2. The molecule has 0 spiro atoms. The minimum Gasteiger partial charge on any atom is -0.355 e. The van der Waals surface area contributed by atoms with Gasteiger partial charge in [0.15, 0.2) is 5.11 Å². The van der Waals surface area contributed by atoms with Gasteiger partial charge in [-0.1, -0.05) is 36.8 Å². The first-order valence-electron chi connectivity index (χ1n) is 8.67. The first-order valence-corrected chi connectivity index (χ1v) is 9.08. The Morgan fingerprint density at radius 2 is 1.82 bits per heavy atom. The highest BCUT2D eigenvalue weighted by atomic mass is 32.1. The number of piperidine rings is 1. The van der Waals surface area contributed by atoms with E-state index in [1.165, 1.54) is 50.9 Å². The van der Waals surface area contributed by atoms with Crippen molar-refractivity contribution in [1.82, 2.24) is 15.1 Å². The van der Waals surface area contributed by atoms with Gasteiger partial charge in [-0.25, -0.2) is 0 Å². The number of fused-ring (bicyclic) bond motifs is 1. The standard InChI is InChI=1S/C18H25N3S/c22-18-19-17(14-7-3-1-4-8-14)15-13-16(15)21(18)12-11-20-9-5-2-6-10-20/h1,3-4,7-8,15-17H,2,5-6,9-13H2,(H,19,22). The van der Waals surface area contributed by atoms with Gasteiger partial charge in [0.05, 0.1) is 6.04 Å². The molecule has 1 aliphatic carbocycles. The smallest absolute Gasteiger partial charge is 0.169 e. The summed E-state index contributed by atoms with van der Waals surface area (Å²) < 4.78 is 0. The zero-order chi connectivity index (χ0) is 14.9. The van der Waals surface area contributed by atoms with Crippen LogP contribution in [0.5, 0.6) is 0 Å². The highest BCUT2D eigenvalue weighted by Gasteiger charge is 2.51. The quantitative estimate of drug-likeness (QED) is 0.861. The van der Waals surface area contributed by atoms with E-state index in [0.717, 1.165) is 17.6 Å². The molecule has 1 saturated carbocycles. The topological polar surface area (TPSA) is 18.5 Å². The zero-order valence-electron chi connectivity index (χ0n) is 13.1. The second-order valence-corrected chi connectivity index (χ2v) is 7.29. The summed E-state index contributed by atoms with van der Waals surface area (Å²) in [5.74, 6) is 0.732. The monoisotopic (exact) mass is 315 g/mol. The van der Waals surface area contributed by atoms with Crippen LogP contribution in [-0.2, 0) is 0 Å². The molecular formula is C18H25N3S. The molecule has 0 bridgehead atoms. The molecule has 0 amide bonds. The molecule has 3 fully saturated rings. The lowest BCUT2D eigenvalue weighted by Crippen LogP contribution is -2.51. The summed E-state index contributed by atoms with van der Waals surface area (Å²) in [6.07, 6.45) is 5.42. The van der Waals surface area contributed by atoms with E-state index in [9.17, 15) is 0 Å². The van der Waals surface area contributed by atoms with Gasteiger partial charge < -0.3 is 15.1 Å². The number of nitrogens with one attached hydrogen (secondary N) is 1. The number of hydrogen-bond acceptors (Lipinski definition) is 2. The van der Waals surface area contributed by atoms with Crippen molar-refractivity contribution in [3.05, 3.63) is 35.9 Å². The number of thiocarbonyl (C=S) groups is 1. The van der Waals surface area contributed by atoms with Crippen LogP contribution < -0.4 is 5.32 Å². The van der Waals surface area contributed by atoms with E-state index in [4.69, 9.17) is 12.2 Å². The van der Waals surface area contributed by atoms with Crippen molar-refractivity contribution in [2.24, 2.45) is 5.92 Å². The van der Waals surface area contributed by atoms with Crippen molar-refractivity contribution >= 4 is 17.3 Å². The molecule has 4 rings (SSSR count). The van der Waals surface area contributed by atoms with E-state index in [2.05, 4.69) is 45.4 Å². The Kier molecular flexibility index (Phi) is 4.05. The summed E-state index contributed by atoms with van der Waals surface area (Å²) in [7, 11) is 0. The molecule has 1 N–H and O–H groups in total. The summed E-state index contributed by atoms with van der Waals surface area (Å²) in [5, 5.41) is 4.56. The maximum Gasteiger partial charge on any atom is 0.169 e.